The molecule has 0 atom stereocenters. The normalized spacial score (nSPS) is 10.1. The Bertz CT molecular complexity index is 443. The van der Waals surface area contributed by atoms with E-state index in [9.17, 15) is 13.2 Å². The first-order valence-electron chi connectivity index (χ1n) is 3.56. The standard InChI is InChI=1S/C7H9N3O3S.Na/c8-5-1-3-6(4-2-5)14(12,13)10-7(9)11;/h1-4H,8H2,(H3,9,10,11);/q;+1/p-1. The predicted octanol–water partition coefficient (Wildman–Crippen LogP) is -2.28. The summed E-state index contributed by atoms with van der Waals surface area (Å²) in [5.41, 5.74) is 12.2. The van der Waals surface area contributed by atoms with Crippen LogP contribution in [0.2, 0.25) is 0 Å². The van der Waals surface area contributed by atoms with Crippen LogP contribution in [0.3, 0.4) is 0 Å². The largest absolute Gasteiger partial charge is 1.00 e. The van der Waals surface area contributed by atoms with Gasteiger partial charge in [0.05, 0.1) is 4.90 Å². The molecule has 8 heteroatoms. The van der Waals surface area contributed by atoms with Gasteiger partial charge in [0.15, 0.2) is 6.03 Å². The minimum atomic E-state index is -3.92. The Morgan fingerprint density at radius 3 is 2.13 bits per heavy atom. The molecule has 0 saturated carbocycles. The molecule has 0 aliphatic rings. The quantitative estimate of drug-likeness (QED) is 0.445. The molecule has 0 aliphatic heterocycles. The Morgan fingerprint density at radius 1 is 1.27 bits per heavy atom. The number of amides is 2. The van der Waals surface area contributed by atoms with E-state index < -0.39 is 16.1 Å². The monoisotopic (exact) mass is 237 g/mol. The molecule has 0 radical (unpaired) electrons. The summed E-state index contributed by atoms with van der Waals surface area (Å²) >= 11 is 0. The number of rotatable bonds is 2. The molecule has 6 nitrogen and oxygen atoms in total. The predicted molar refractivity (Wildman–Crippen MR) is 50.9 cm³/mol. The van der Waals surface area contributed by atoms with Crippen molar-refractivity contribution in [2.24, 2.45) is 0 Å². The number of carbonyl (C=O) groups excluding carboxylic acids is 1. The van der Waals surface area contributed by atoms with Crippen LogP contribution in [0, 0.1) is 0 Å². The molecule has 1 aromatic rings. The van der Waals surface area contributed by atoms with Gasteiger partial charge in [-0.2, -0.15) is 0 Å². The number of anilines is 1. The molecule has 0 unspecified atom stereocenters. The SMILES string of the molecule is [NH-]C(=O)NS(=O)(=O)c1ccc(N)cc1.[Na+]. The summed E-state index contributed by atoms with van der Waals surface area (Å²) in [7, 11) is -3.92. The van der Waals surface area contributed by atoms with Crippen LogP contribution in [0.15, 0.2) is 29.2 Å². The van der Waals surface area contributed by atoms with Crippen LogP contribution >= 0.6 is 0 Å². The molecule has 0 spiro atoms. The fraction of sp³-hybridized carbons (Fsp3) is 0. The van der Waals surface area contributed by atoms with E-state index in [-0.39, 0.29) is 34.5 Å². The van der Waals surface area contributed by atoms with E-state index in [2.05, 4.69) is 0 Å². The van der Waals surface area contributed by atoms with Crippen LogP contribution in [0.4, 0.5) is 10.5 Å². The van der Waals surface area contributed by atoms with Crippen molar-refractivity contribution >= 4 is 21.7 Å². The summed E-state index contributed by atoms with van der Waals surface area (Å²) in [5, 5.41) is 0. The molecule has 76 valence electrons. The van der Waals surface area contributed by atoms with E-state index >= 15 is 0 Å². The van der Waals surface area contributed by atoms with Gasteiger partial charge in [0.25, 0.3) is 0 Å². The molecule has 0 aliphatic carbocycles. The van der Waals surface area contributed by atoms with E-state index in [1.54, 1.807) is 0 Å². The molecule has 0 saturated heterocycles. The van der Waals surface area contributed by atoms with E-state index in [0.29, 0.717) is 5.69 Å². The third-order valence-electron chi connectivity index (χ3n) is 1.42. The second-order valence-corrected chi connectivity index (χ2v) is 4.19. The molecule has 0 bridgehead atoms. The Kier molecular flexibility index (Phi) is 5.09. The Morgan fingerprint density at radius 2 is 1.73 bits per heavy atom. The Hall–Kier alpha value is -0.760. The van der Waals surface area contributed by atoms with Crippen LogP contribution in [0.1, 0.15) is 0 Å². The third-order valence-corrected chi connectivity index (χ3v) is 2.76. The van der Waals surface area contributed by atoms with Crippen molar-refractivity contribution in [3.8, 4) is 0 Å². The van der Waals surface area contributed by atoms with Crippen molar-refractivity contribution in [1.29, 1.82) is 0 Å². The van der Waals surface area contributed by atoms with Gasteiger partial charge >= 0.3 is 29.6 Å². The summed E-state index contributed by atoms with van der Waals surface area (Å²) in [6, 6.07) is 3.91. The van der Waals surface area contributed by atoms with Crippen molar-refractivity contribution in [1.82, 2.24) is 4.72 Å². The fourth-order valence-corrected chi connectivity index (χ4v) is 1.68. The maximum atomic E-state index is 11.3. The molecule has 4 N–H and O–H groups in total. The first kappa shape index (κ1) is 14.2. The van der Waals surface area contributed by atoms with Crippen molar-refractivity contribution < 1.29 is 42.8 Å². The molecular formula is C7H8N3NaO3S. The van der Waals surface area contributed by atoms with Gasteiger partial charge in [0.1, 0.15) is 0 Å². The molecule has 2 amide bonds. The number of hydrogen-bond donors (Lipinski definition) is 2. The summed E-state index contributed by atoms with van der Waals surface area (Å²) in [5.74, 6) is 0. The minimum absolute atomic E-state index is 0. The molecular weight excluding hydrogens is 229 g/mol. The maximum Gasteiger partial charge on any atom is 1.00 e. The topological polar surface area (TPSA) is 113 Å². The third kappa shape index (κ3) is 4.08. The van der Waals surface area contributed by atoms with Crippen molar-refractivity contribution in [2.45, 2.75) is 4.90 Å². The summed E-state index contributed by atoms with van der Waals surface area (Å²) in [6.07, 6.45) is 0. The fourth-order valence-electron chi connectivity index (χ4n) is 0.828. The number of hydrogen-bond acceptors (Lipinski definition) is 4. The average Bonchev–Trinajstić information content (AvgIpc) is 2.02. The summed E-state index contributed by atoms with van der Waals surface area (Å²) in [6.45, 7) is 0. The number of nitrogens with one attached hydrogen (secondary N) is 2. The second-order valence-electron chi connectivity index (χ2n) is 2.50. The molecule has 1 rings (SSSR count). The molecule has 0 aromatic heterocycles. The zero-order valence-corrected chi connectivity index (χ0v) is 10.8. The first-order valence-corrected chi connectivity index (χ1v) is 5.04. The van der Waals surface area contributed by atoms with E-state index in [4.69, 9.17) is 11.5 Å². The van der Waals surface area contributed by atoms with Gasteiger partial charge in [-0.15, -0.1) is 0 Å². The number of urea groups is 1. The minimum Gasteiger partial charge on any atom is -0.447 e. The summed E-state index contributed by atoms with van der Waals surface area (Å²) in [4.78, 5) is 10.1. The van der Waals surface area contributed by atoms with E-state index in [0.717, 1.165) is 0 Å². The number of sulfonamides is 1. The summed E-state index contributed by atoms with van der Waals surface area (Å²) < 4.78 is 24.0. The first-order chi connectivity index (χ1) is 6.42. The van der Waals surface area contributed by atoms with E-state index in [1.807, 2.05) is 0 Å². The zero-order valence-electron chi connectivity index (χ0n) is 8.02. The van der Waals surface area contributed by atoms with Gasteiger partial charge in [-0.25, -0.2) is 8.42 Å². The van der Waals surface area contributed by atoms with Crippen LogP contribution in [0.5, 0.6) is 0 Å². The smallest absolute Gasteiger partial charge is 0.447 e. The van der Waals surface area contributed by atoms with Gasteiger partial charge < -0.3 is 16.2 Å². The average molecular weight is 237 g/mol. The number of benzene rings is 1. The second kappa shape index (κ2) is 5.36. The van der Waals surface area contributed by atoms with Gasteiger partial charge in [0, 0.05) is 5.69 Å². The zero-order chi connectivity index (χ0) is 10.8. The van der Waals surface area contributed by atoms with Crippen LogP contribution in [-0.4, -0.2) is 14.4 Å². The Labute approximate surface area is 109 Å². The number of nitrogen functional groups attached to an aromatic ring is 1. The molecule has 0 heterocycles. The molecule has 15 heavy (non-hydrogen) atoms. The van der Waals surface area contributed by atoms with Crippen LogP contribution in [0.25, 0.3) is 5.73 Å². The van der Waals surface area contributed by atoms with Crippen molar-refractivity contribution in [3.05, 3.63) is 30.0 Å². The van der Waals surface area contributed by atoms with Crippen LogP contribution < -0.4 is 40.0 Å². The van der Waals surface area contributed by atoms with Crippen LogP contribution in [-0.2, 0) is 10.0 Å². The van der Waals surface area contributed by atoms with Gasteiger partial charge in [-0.1, -0.05) is 0 Å². The van der Waals surface area contributed by atoms with E-state index in [1.165, 1.54) is 29.0 Å². The Balaban J connectivity index is 0.00000196. The van der Waals surface area contributed by atoms with Crippen molar-refractivity contribution in [2.75, 3.05) is 5.73 Å². The van der Waals surface area contributed by atoms with Gasteiger partial charge in [-0.3, -0.25) is 4.79 Å². The molecule has 1 aromatic carbocycles. The number of carbonyl (C=O) groups is 1. The number of nitrogens with two attached hydrogens (primary N) is 1. The van der Waals surface area contributed by atoms with Gasteiger partial charge in [-0.05, 0) is 24.3 Å². The van der Waals surface area contributed by atoms with Gasteiger partial charge in [0.2, 0.25) is 10.0 Å². The van der Waals surface area contributed by atoms with Crippen molar-refractivity contribution in [3.63, 3.8) is 0 Å². The maximum absolute atomic E-state index is 11.3. The molecule has 0 fully saturated rings.